The zero-order chi connectivity index (χ0) is 25.1. The minimum absolute atomic E-state index is 0.114. The number of carbonyl (C=O) groups excluding carboxylic acids is 2. The van der Waals surface area contributed by atoms with E-state index in [0.717, 1.165) is 29.8 Å². The van der Waals surface area contributed by atoms with Crippen molar-refractivity contribution in [2.45, 2.75) is 45.6 Å². The van der Waals surface area contributed by atoms with Crippen LogP contribution >= 0.6 is 0 Å². The minimum atomic E-state index is -3.88. The predicted molar refractivity (Wildman–Crippen MR) is 130 cm³/mol. The Balaban J connectivity index is 2.03. The number of Topliss-reactive ketones (excluding diaryl/α,β-unsaturated/α-hetero) is 1. The Kier molecular flexibility index (Phi) is 10.4. The fraction of sp³-hybridized carbons (Fsp3) is 0.440. The molecule has 0 spiro atoms. The number of para-hydroxylation sites is 1. The number of ether oxygens (including phenoxy) is 3. The van der Waals surface area contributed by atoms with Crippen LogP contribution in [0.2, 0.25) is 0 Å². The molecule has 0 radical (unpaired) electrons. The molecular weight excluding hydrogens is 458 g/mol. The van der Waals surface area contributed by atoms with E-state index in [9.17, 15) is 18.0 Å². The second kappa shape index (κ2) is 13.0. The van der Waals surface area contributed by atoms with Gasteiger partial charge in [-0.1, -0.05) is 31.9 Å². The number of ketones is 1. The van der Waals surface area contributed by atoms with Gasteiger partial charge in [-0.05, 0) is 36.8 Å². The third-order valence-corrected chi connectivity index (χ3v) is 6.37. The quantitative estimate of drug-likeness (QED) is 0.288. The zero-order valence-corrected chi connectivity index (χ0v) is 21.0. The van der Waals surface area contributed by atoms with E-state index in [2.05, 4.69) is 6.92 Å². The van der Waals surface area contributed by atoms with Gasteiger partial charge in [-0.15, -0.1) is 0 Å². The lowest BCUT2D eigenvalue weighted by atomic mass is 10.1. The van der Waals surface area contributed by atoms with Gasteiger partial charge in [0.25, 0.3) is 0 Å². The van der Waals surface area contributed by atoms with Crippen LogP contribution in [0.15, 0.2) is 42.5 Å². The number of rotatable bonds is 14. The topological polar surface area (TPSA) is 99.2 Å². The van der Waals surface area contributed by atoms with Crippen LogP contribution in [0.5, 0.6) is 17.2 Å². The molecule has 2 aromatic rings. The maximum atomic E-state index is 12.8. The molecule has 0 heterocycles. The zero-order valence-electron chi connectivity index (χ0n) is 20.2. The summed E-state index contributed by atoms with van der Waals surface area (Å²) in [6, 6.07) is 11.8. The number of unbranched alkanes of at least 4 members (excludes halogenated alkanes) is 2. The van der Waals surface area contributed by atoms with Gasteiger partial charge in [0.05, 0.1) is 33.6 Å². The summed E-state index contributed by atoms with van der Waals surface area (Å²) in [6.45, 7) is 2.52. The number of sulfonamides is 1. The molecule has 0 bridgehead atoms. The lowest BCUT2D eigenvalue weighted by molar-refractivity contribution is -0.126. The summed E-state index contributed by atoms with van der Waals surface area (Å²) >= 11 is 0. The number of amides is 1. The van der Waals surface area contributed by atoms with Gasteiger partial charge in [0.2, 0.25) is 15.9 Å². The first-order chi connectivity index (χ1) is 16.2. The van der Waals surface area contributed by atoms with Crippen LogP contribution in [-0.4, -0.2) is 51.5 Å². The first-order valence-electron chi connectivity index (χ1n) is 11.2. The lowest BCUT2D eigenvalue weighted by Crippen LogP contribution is -2.35. The molecule has 2 rings (SSSR count). The van der Waals surface area contributed by atoms with Crippen molar-refractivity contribution in [1.29, 1.82) is 0 Å². The molecule has 34 heavy (non-hydrogen) atoms. The second-order valence-corrected chi connectivity index (χ2v) is 9.73. The molecule has 0 atom stereocenters. The lowest BCUT2D eigenvalue weighted by Gasteiger charge is -2.22. The molecule has 2 aromatic carbocycles. The molecule has 186 valence electrons. The fourth-order valence-electron chi connectivity index (χ4n) is 3.39. The van der Waals surface area contributed by atoms with Crippen molar-refractivity contribution >= 4 is 21.7 Å². The number of carbonyl (C=O) groups is 2. The van der Waals surface area contributed by atoms with Gasteiger partial charge >= 0.3 is 0 Å². The minimum Gasteiger partial charge on any atom is -0.494 e. The molecule has 0 aliphatic heterocycles. The highest BCUT2D eigenvalue weighted by molar-refractivity contribution is 7.88. The van der Waals surface area contributed by atoms with Crippen LogP contribution in [0, 0.1) is 0 Å². The van der Waals surface area contributed by atoms with Crippen LogP contribution < -0.4 is 14.2 Å². The van der Waals surface area contributed by atoms with Gasteiger partial charge in [-0.2, -0.15) is 0 Å². The Hall–Kier alpha value is -3.07. The standard InChI is InChI=1S/C25H33NO7S/c1-5-6-7-17-33-21-13-11-19(12-14-21)22(27)15-16-24(28)26(34(4,29)30)18-20-9-8-10-23(31-2)25(20)32-3/h8-14H,5-7,15-18H2,1-4H3. The molecule has 0 aromatic heterocycles. The molecule has 8 nitrogen and oxygen atoms in total. The average molecular weight is 492 g/mol. The van der Waals surface area contributed by atoms with Crippen LogP contribution in [0.4, 0.5) is 0 Å². The molecule has 0 saturated carbocycles. The Morgan fingerprint density at radius 2 is 1.65 bits per heavy atom. The van der Waals surface area contributed by atoms with Crippen LogP contribution in [0.25, 0.3) is 0 Å². The van der Waals surface area contributed by atoms with Crippen molar-refractivity contribution in [3.05, 3.63) is 53.6 Å². The Bertz CT molecular complexity index is 1070. The summed E-state index contributed by atoms with van der Waals surface area (Å²) in [6.07, 6.45) is 3.78. The first-order valence-corrected chi connectivity index (χ1v) is 13.0. The van der Waals surface area contributed by atoms with Gasteiger partial charge in [0.15, 0.2) is 17.3 Å². The highest BCUT2D eigenvalue weighted by Gasteiger charge is 2.26. The number of methoxy groups -OCH3 is 2. The van der Waals surface area contributed by atoms with E-state index in [1.165, 1.54) is 14.2 Å². The van der Waals surface area contributed by atoms with Gasteiger partial charge in [-0.25, -0.2) is 12.7 Å². The number of hydrogen-bond acceptors (Lipinski definition) is 7. The average Bonchev–Trinajstić information content (AvgIpc) is 2.82. The van der Waals surface area contributed by atoms with Crippen LogP contribution in [-0.2, 0) is 21.4 Å². The Morgan fingerprint density at radius 1 is 0.941 bits per heavy atom. The summed E-state index contributed by atoms with van der Waals surface area (Å²) in [5, 5.41) is 0. The van der Waals surface area contributed by atoms with Gasteiger partial charge in [-0.3, -0.25) is 9.59 Å². The van der Waals surface area contributed by atoms with Crippen LogP contribution in [0.1, 0.15) is 54.9 Å². The Morgan fingerprint density at radius 3 is 2.24 bits per heavy atom. The van der Waals surface area contributed by atoms with Crippen molar-refractivity contribution in [3.8, 4) is 17.2 Å². The molecule has 0 fully saturated rings. The SMILES string of the molecule is CCCCCOc1ccc(C(=O)CCC(=O)N(Cc2cccc(OC)c2OC)S(C)(=O)=O)cc1. The smallest absolute Gasteiger partial charge is 0.236 e. The maximum Gasteiger partial charge on any atom is 0.236 e. The number of benzene rings is 2. The summed E-state index contributed by atoms with van der Waals surface area (Å²) in [4.78, 5) is 25.4. The molecular formula is C25H33NO7S. The van der Waals surface area contributed by atoms with E-state index in [0.29, 0.717) is 35.0 Å². The van der Waals surface area contributed by atoms with E-state index >= 15 is 0 Å². The molecule has 0 saturated heterocycles. The summed E-state index contributed by atoms with van der Waals surface area (Å²) in [7, 11) is -0.970. The largest absolute Gasteiger partial charge is 0.494 e. The van der Waals surface area contributed by atoms with Crippen molar-refractivity contribution < 1.29 is 32.2 Å². The van der Waals surface area contributed by atoms with Gasteiger partial charge < -0.3 is 14.2 Å². The van der Waals surface area contributed by atoms with Crippen LogP contribution in [0.3, 0.4) is 0 Å². The van der Waals surface area contributed by atoms with Crippen molar-refractivity contribution in [2.24, 2.45) is 0 Å². The highest BCUT2D eigenvalue weighted by Crippen LogP contribution is 2.32. The summed E-state index contributed by atoms with van der Waals surface area (Å²) < 4.78 is 41.7. The Labute approximate surface area is 201 Å². The monoisotopic (exact) mass is 491 g/mol. The highest BCUT2D eigenvalue weighted by atomic mass is 32.2. The molecule has 0 aliphatic carbocycles. The normalized spacial score (nSPS) is 11.1. The van der Waals surface area contributed by atoms with E-state index in [-0.39, 0.29) is 25.2 Å². The van der Waals surface area contributed by atoms with E-state index in [4.69, 9.17) is 14.2 Å². The van der Waals surface area contributed by atoms with Gasteiger partial charge in [0, 0.05) is 24.0 Å². The number of hydrogen-bond donors (Lipinski definition) is 0. The van der Waals surface area contributed by atoms with Crippen molar-refractivity contribution in [1.82, 2.24) is 4.31 Å². The third kappa shape index (κ3) is 7.76. The van der Waals surface area contributed by atoms with Crippen molar-refractivity contribution in [2.75, 3.05) is 27.1 Å². The first kappa shape index (κ1) is 27.2. The molecule has 9 heteroatoms. The van der Waals surface area contributed by atoms with E-state index in [1.54, 1.807) is 42.5 Å². The molecule has 0 unspecified atom stereocenters. The molecule has 0 N–H and O–H groups in total. The van der Waals surface area contributed by atoms with E-state index < -0.39 is 15.9 Å². The maximum absolute atomic E-state index is 12.8. The summed E-state index contributed by atoms with van der Waals surface area (Å²) in [5.41, 5.74) is 0.913. The second-order valence-electron chi connectivity index (χ2n) is 7.82. The number of nitrogens with zero attached hydrogens (tertiary/aromatic N) is 1. The van der Waals surface area contributed by atoms with E-state index in [1.807, 2.05) is 0 Å². The van der Waals surface area contributed by atoms with Gasteiger partial charge in [0.1, 0.15) is 5.75 Å². The molecule has 0 aliphatic rings. The fourth-order valence-corrected chi connectivity index (χ4v) is 4.23. The third-order valence-electron chi connectivity index (χ3n) is 5.24. The summed E-state index contributed by atoms with van der Waals surface area (Å²) in [5.74, 6) is 0.530. The predicted octanol–water partition coefficient (Wildman–Crippen LogP) is 4.22. The van der Waals surface area contributed by atoms with Crippen molar-refractivity contribution in [3.63, 3.8) is 0 Å². The molecule has 1 amide bonds.